The van der Waals surface area contributed by atoms with Crippen molar-refractivity contribution in [3.8, 4) is 6.07 Å². The van der Waals surface area contributed by atoms with Gasteiger partial charge in [-0.3, -0.25) is 4.79 Å². The summed E-state index contributed by atoms with van der Waals surface area (Å²) in [6, 6.07) is 6.13. The fraction of sp³-hybridized carbons (Fsp3) is 0.385. The molecule has 18 heavy (non-hydrogen) atoms. The van der Waals surface area contributed by atoms with Crippen LogP contribution in [0.5, 0.6) is 0 Å². The van der Waals surface area contributed by atoms with Crippen LogP contribution in [0, 0.1) is 17.1 Å². The lowest BCUT2D eigenvalue weighted by Crippen LogP contribution is -2.37. The highest BCUT2D eigenvalue weighted by Gasteiger charge is 2.15. The molecule has 0 aliphatic rings. The van der Waals surface area contributed by atoms with E-state index in [1.54, 1.807) is 25.1 Å². The van der Waals surface area contributed by atoms with Gasteiger partial charge in [-0.25, -0.2) is 4.39 Å². The number of hydrogen-bond acceptors (Lipinski definition) is 3. The van der Waals surface area contributed by atoms with Crippen molar-refractivity contribution < 1.29 is 9.18 Å². The van der Waals surface area contributed by atoms with Gasteiger partial charge in [0.1, 0.15) is 5.82 Å². The first-order valence-corrected chi connectivity index (χ1v) is 5.64. The topological polar surface area (TPSA) is 47.3 Å². The van der Waals surface area contributed by atoms with Gasteiger partial charge in [0.25, 0.3) is 0 Å². The molecule has 0 radical (unpaired) electrons. The van der Waals surface area contributed by atoms with Crippen LogP contribution in [0.2, 0.25) is 0 Å². The normalized spacial score (nSPS) is 9.72. The summed E-state index contributed by atoms with van der Waals surface area (Å²) in [6.45, 7) is 2.48. The molecule has 0 bridgehead atoms. The number of benzene rings is 1. The molecule has 0 saturated heterocycles. The van der Waals surface area contributed by atoms with Crippen LogP contribution in [0.15, 0.2) is 18.2 Å². The minimum Gasteiger partial charge on any atom is -0.360 e. The van der Waals surface area contributed by atoms with Crippen LogP contribution < -0.4 is 4.90 Å². The molecule has 0 spiro atoms. The Morgan fingerprint density at radius 1 is 1.44 bits per heavy atom. The van der Waals surface area contributed by atoms with Gasteiger partial charge in [0.05, 0.1) is 23.9 Å². The van der Waals surface area contributed by atoms with Crippen molar-refractivity contribution >= 4 is 11.6 Å². The predicted molar refractivity (Wildman–Crippen MR) is 67.7 cm³/mol. The van der Waals surface area contributed by atoms with Crippen molar-refractivity contribution in [3.63, 3.8) is 0 Å². The van der Waals surface area contributed by atoms with Crippen LogP contribution in [0.4, 0.5) is 10.1 Å². The molecule has 96 valence electrons. The lowest BCUT2D eigenvalue weighted by atomic mass is 10.2. The molecule has 0 saturated carbocycles. The number of nitrogens with zero attached hydrogens (tertiary/aromatic N) is 3. The van der Waals surface area contributed by atoms with E-state index in [0.717, 1.165) is 0 Å². The molecule has 0 atom stereocenters. The zero-order chi connectivity index (χ0) is 13.7. The van der Waals surface area contributed by atoms with E-state index in [0.29, 0.717) is 12.2 Å². The molecular weight excluding hydrogens is 233 g/mol. The fourth-order valence-corrected chi connectivity index (χ4v) is 1.50. The average Bonchev–Trinajstić information content (AvgIpc) is 2.35. The lowest BCUT2D eigenvalue weighted by Gasteiger charge is -2.24. The highest BCUT2D eigenvalue weighted by Crippen LogP contribution is 2.20. The van der Waals surface area contributed by atoms with E-state index in [4.69, 9.17) is 5.26 Å². The molecule has 1 amide bonds. The number of rotatable bonds is 4. The van der Waals surface area contributed by atoms with Crippen molar-refractivity contribution in [1.82, 2.24) is 4.90 Å². The molecule has 0 heterocycles. The minimum absolute atomic E-state index is 0.0967. The number of carbonyl (C=O) groups excluding carboxylic acids is 1. The number of amides is 1. The maximum absolute atomic E-state index is 13.8. The fourth-order valence-electron chi connectivity index (χ4n) is 1.50. The van der Waals surface area contributed by atoms with Crippen molar-refractivity contribution in [3.05, 3.63) is 29.6 Å². The van der Waals surface area contributed by atoms with E-state index in [-0.39, 0.29) is 18.0 Å². The van der Waals surface area contributed by atoms with Gasteiger partial charge in [0.15, 0.2) is 0 Å². The minimum atomic E-state index is -0.484. The van der Waals surface area contributed by atoms with Crippen molar-refractivity contribution in [2.45, 2.75) is 6.92 Å². The summed E-state index contributed by atoms with van der Waals surface area (Å²) >= 11 is 0. The van der Waals surface area contributed by atoms with E-state index < -0.39 is 5.82 Å². The highest BCUT2D eigenvalue weighted by atomic mass is 19.1. The predicted octanol–water partition coefficient (Wildman–Crippen LogP) is 1.61. The van der Waals surface area contributed by atoms with Crippen LogP contribution in [0.3, 0.4) is 0 Å². The van der Waals surface area contributed by atoms with Gasteiger partial charge in [-0.1, -0.05) is 0 Å². The van der Waals surface area contributed by atoms with Crippen molar-refractivity contribution in [2.24, 2.45) is 0 Å². The summed E-state index contributed by atoms with van der Waals surface area (Å²) in [5.41, 5.74) is 0.609. The van der Waals surface area contributed by atoms with Crippen LogP contribution in [-0.2, 0) is 4.79 Å². The summed E-state index contributed by atoms with van der Waals surface area (Å²) in [7, 11) is 3.32. The third-order valence-electron chi connectivity index (χ3n) is 2.62. The third-order valence-corrected chi connectivity index (χ3v) is 2.62. The summed E-state index contributed by atoms with van der Waals surface area (Å²) in [4.78, 5) is 14.7. The average molecular weight is 249 g/mol. The molecule has 0 aliphatic heterocycles. The summed E-state index contributed by atoms with van der Waals surface area (Å²) in [5, 5.41) is 8.68. The van der Waals surface area contributed by atoms with E-state index in [1.165, 1.54) is 17.0 Å². The molecule has 0 aliphatic carbocycles. The zero-order valence-electron chi connectivity index (χ0n) is 10.8. The number of carbonyl (C=O) groups is 1. The molecule has 1 rings (SSSR count). The van der Waals surface area contributed by atoms with Gasteiger partial charge >= 0.3 is 0 Å². The van der Waals surface area contributed by atoms with E-state index in [2.05, 4.69) is 0 Å². The summed E-state index contributed by atoms with van der Waals surface area (Å²) in [6.07, 6.45) is 0. The maximum atomic E-state index is 13.8. The number of anilines is 1. The summed E-state index contributed by atoms with van der Waals surface area (Å²) < 4.78 is 13.8. The second-order valence-electron chi connectivity index (χ2n) is 4.08. The number of halogens is 1. The number of nitriles is 1. The Kier molecular flexibility index (Phi) is 4.67. The first-order valence-electron chi connectivity index (χ1n) is 5.64. The Hall–Kier alpha value is -2.09. The molecule has 1 aromatic carbocycles. The van der Waals surface area contributed by atoms with Gasteiger partial charge in [-0.2, -0.15) is 5.26 Å². The largest absolute Gasteiger partial charge is 0.360 e. The van der Waals surface area contributed by atoms with E-state index in [1.807, 2.05) is 13.0 Å². The second kappa shape index (κ2) is 6.01. The number of hydrogen-bond donors (Lipinski definition) is 0. The van der Waals surface area contributed by atoms with Gasteiger partial charge in [0.2, 0.25) is 5.91 Å². The molecule has 0 aromatic heterocycles. The smallest absolute Gasteiger partial charge is 0.241 e. The Morgan fingerprint density at radius 3 is 2.56 bits per heavy atom. The Labute approximate surface area is 106 Å². The molecule has 0 fully saturated rings. The van der Waals surface area contributed by atoms with Gasteiger partial charge < -0.3 is 9.80 Å². The maximum Gasteiger partial charge on any atom is 0.241 e. The van der Waals surface area contributed by atoms with Gasteiger partial charge in [-0.15, -0.1) is 0 Å². The highest BCUT2D eigenvalue weighted by molar-refractivity contribution is 5.81. The standard InChI is InChI=1S/C13H16FN3O/c1-4-17(9-13(18)16(2)3)12-6-5-10(8-15)7-11(12)14/h5-7H,4,9H2,1-3H3. The van der Waals surface area contributed by atoms with Crippen LogP contribution >= 0.6 is 0 Å². The monoisotopic (exact) mass is 249 g/mol. The molecule has 4 nitrogen and oxygen atoms in total. The second-order valence-corrected chi connectivity index (χ2v) is 4.08. The first-order chi connectivity index (χ1) is 8.49. The lowest BCUT2D eigenvalue weighted by molar-refractivity contribution is -0.127. The Balaban J connectivity index is 2.96. The Bertz CT molecular complexity index is 480. The van der Waals surface area contributed by atoms with Crippen LogP contribution in [0.1, 0.15) is 12.5 Å². The van der Waals surface area contributed by atoms with E-state index >= 15 is 0 Å². The SMILES string of the molecule is CCN(CC(=O)N(C)C)c1ccc(C#N)cc1F. The van der Waals surface area contributed by atoms with Gasteiger partial charge in [0, 0.05) is 20.6 Å². The Morgan fingerprint density at radius 2 is 2.11 bits per heavy atom. The molecule has 0 unspecified atom stereocenters. The molecule has 0 N–H and O–H groups in total. The first kappa shape index (κ1) is 14.0. The molecular formula is C13H16FN3O. The quantitative estimate of drug-likeness (QED) is 0.814. The molecule has 1 aromatic rings. The third kappa shape index (κ3) is 3.20. The van der Waals surface area contributed by atoms with Gasteiger partial charge in [-0.05, 0) is 25.1 Å². The van der Waals surface area contributed by atoms with Crippen molar-refractivity contribution in [1.29, 1.82) is 5.26 Å². The molecule has 5 heteroatoms. The van der Waals surface area contributed by atoms with Crippen molar-refractivity contribution in [2.75, 3.05) is 32.1 Å². The van der Waals surface area contributed by atoms with E-state index in [9.17, 15) is 9.18 Å². The zero-order valence-corrected chi connectivity index (χ0v) is 10.8. The number of likely N-dealkylation sites (N-methyl/N-ethyl adjacent to an activating group) is 2. The van der Waals surface area contributed by atoms with Crippen LogP contribution in [-0.4, -0.2) is 38.0 Å². The van der Waals surface area contributed by atoms with Crippen LogP contribution in [0.25, 0.3) is 0 Å². The summed E-state index contributed by atoms with van der Waals surface area (Å²) in [5.74, 6) is -0.580.